The van der Waals surface area contributed by atoms with Gasteiger partial charge in [0.2, 0.25) is 0 Å². The minimum absolute atomic E-state index is 0.171. The number of carbonyl (C=O) groups excluding carboxylic acids is 1. The Bertz CT molecular complexity index is 394. The van der Waals surface area contributed by atoms with Crippen LogP contribution in [0.1, 0.15) is 18.1 Å². The van der Waals surface area contributed by atoms with Crippen LogP contribution in [0.2, 0.25) is 0 Å². The lowest BCUT2D eigenvalue weighted by Crippen LogP contribution is -2.30. The molecule has 0 N–H and O–H groups in total. The lowest BCUT2D eigenvalue weighted by atomic mass is 10.1. The minimum atomic E-state index is -0.420. The molecule has 0 saturated heterocycles. The highest BCUT2D eigenvalue weighted by molar-refractivity contribution is 9.09. The first-order valence-electron chi connectivity index (χ1n) is 5.74. The summed E-state index contributed by atoms with van der Waals surface area (Å²) in [6.45, 7) is 2.62. The van der Waals surface area contributed by atoms with Crippen molar-refractivity contribution in [1.29, 1.82) is 0 Å². The van der Waals surface area contributed by atoms with Crippen LogP contribution in [-0.2, 0) is 32.2 Å². The number of hydrogen-bond donors (Lipinski definition) is 0. The van der Waals surface area contributed by atoms with E-state index in [1.165, 1.54) is 6.92 Å². The summed E-state index contributed by atoms with van der Waals surface area (Å²) in [6.07, 6.45) is -0.420. The molecule has 1 aliphatic rings. The third kappa shape index (κ3) is 3.54. The molecule has 1 aromatic rings. The van der Waals surface area contributed by atoms with Gasteiger partial charge in [-0.2, -0.15) is 0 Å². The zero-order chi connectivity index (χ0) is 13.0. The van der Waals surface area contributed by atoms with Crippen LogP contribution >= 0.6 is 15.9 Å². The van der Waals surface area contributed by atoms with E-state index in [0.717, 1.165) is 11.1 Å². The molecular weight excluding hydrogens is 300 g/mol. The molecule has 0 spiro atoms. The summed E-state index contributed by atoms with van der Waals surface area (Å²) < 4.78 is 16.3. The zero-order valence-electron chi connectivity index (χ0n) is 10.1. The zero-order valence-corrected chi connectivity index (χ0v) is 11.7. The summed E-state index contributed by atoms with van der Waals surface area (Å²) in [6, 6.07) is 8.01. The van der Waals surface area contributed by atoms with Gasteiger partial charge in [0.15, 0.2) is 6.29 Å². The van der Waals surface area contributed by atoms with Crippen molar-refractivity contribution in [2.75, 3.05) is 6.61 Å². The van der Waals surface area contributed by atoms with Crippen LogP contribution in [0.5, 0.6) is 0 Å². The Morgan fingerprint density at radius 3 is 2.44 bits per heavy atom. The Morgan fingerprint density at radius 1 is 1.39 bits per heavy atom. The first kappa shape index (κ1) is 13.5. The van der Waals surface area contributed by atoms with Crippen LogP contribution in [0, 0.1) is 0 Å². The quantitative estimate of drug-likeness (QED) is 0.635. The van der Waals surface area contributed by atoms with Gasteiger partial charge in [-0.3, -0.25) is 4.79 Å². The number of halogens is 1. The summed E-state index contributed by atoms with van der Waals surface area (Å²) in [5, 5.41) is 0. The van der Waals surface area contributed by atoms with Gasteiger partial charge in [-0.1, -0.05) is 40.2 Å². The maximum Gasteiger partial charge on any atom is 0.302 e. The van der Waals surface area contributed by atoms with Crippen molar-refractivity contribution in [3.05, 3.63) is 35.4 Å². The Morgan fingerprint density at radius 2 is 1.94 bits per heavy atom. The van der Waals surface area contributed by atoms with Crippen LogP contribution in [-0.4, -0.2) is 23.7 Å². The van der Waals surface area contributed by atoms with Crippen molar-refractivity contribution in [2.24, 2.45) is 0 Å². The molecule has 0 aliphatic carbocycles. The number of ether oxygens (including phenoxy) is 3. The highest BCUT2D eigenvalue weighted by Crippen LogP contribution is 2.22. The second kappa shape index (κ2) is 6.31. The minimum Gasteiger partial charge on any atom is -0.464 e. The predicted octanol–water partition coefficient (Wildman–Crippen LogP) is 2.39. The number of benzene rings is 1. The van der Waals surface area contributed by atoms with E-state index < -0.39 is 6.29 Å². The summed E-state index contributed by atoms with van der Waals surface area (Å²) in [4.78, 5) is 10.6. The maximum atomic E-state index is 10.8. The lowest BCUT2D eigenvalue weighted by molar-refractivity contribution is -0.159. The predicted molar refractivity (Wildman–Crippen MR) is 69.2 cm³/mol. The van der Waals surface area contributed by atoms with E-state index in [1.807, 2.05) is 24.3 Å². The fraction of sp³-hybridized carbons (Fsp3) is 0.462. The summed E-state index contributed by atoms with van der Waals surface area (Å²) >= 11 is 3.42. The molecule has 18 heavy (non-hydrogen) atoms. The molecule has 0 radical (unpaired) electrons. The second-order valence-corrected chi connectivity index (χ2v) is 5.25. The highest BCUT2D eigenvalue weighted by Gasteiger charge is 2.24. The number of alkyl halides is 1. The smallest absolute Gasteiger partial charge is 0.302 e. The summed E-state index contributed by atoms with van der Waals surface area (Å²) in [5.74, 6) is -0.309. The number of hydrogen-bond acceptors (Lipinski definition) is 4. The standard InChI is InChI=1S/C13H15BrO4/c1-9(15)16-8-12(14)13-17-6-10-4-2-3-5-11(10)7-18-13/h2-5,12-13H,6-8H2,1H3/t12-/m1/s1. The van der Waals surface area contributed by atoms with Crippen LogP contribution < -0.4 is 0 Å². The fourth-order valence-electron chi connectivity index (χ4n) is 1.72. The Kier molecular flexibility index (Phi) is 4.74. The summed E-state index contributed by atoms with van der Waals surface area (Å²) in [7, 11) is 0. The average molecular weight is 315 g/mol. The van der Waals surface area contributed by atoms with Gasteiger partial charge in [0.05, 0.1) is 18.0 Å². The first-order chi connectivity index (χ1) is 8.66. The van der Waals surface area contributed by atoms with Gasteiger partial charge in [-0.05, 0) is 11.1 Å². The van der Waals surface area contributed by atoms with Gasteiger partial charge >= 0.3 is 5.97 Å². The molecule has 98 valence electrons. The van der Waals surface area contributed by atoms with Crippen LogP contribution in [0.15, 0.2) is 24.3 Å². The molecule has 0 bridgehead atoms. The van der Waals surface area contributed by atoms with Gasteiger partial charge < -0.3 is 14.2 Å². The van der Waals surface area contributed by atoms with Gasteiger partial charge in [0.1, 0.15) is 6.61 Å². The number of esters is 1. The molecule has 1 aromatic carbocycles. The van der Waals surface area contributed by atoms with Crippen molar-refractivity contribution in [3.63, 3.8) is 0 Å². The van der Waals surface area contributed by atoms with E-state index in [2.05, 4.69) is 15.9 Å². The molecule has 0 saturated carbocycles. The van der Waals surface area contributed by atoms with Crippen LogP contribution in [0.25, 0.3) is 0 Å². The molecule has 0 aromatic heterocycles. The van der Waals surface area contributed by atoms with E-state index in [9.17, 15) is 4.79 Å². The molecule has 2 rings (SSSR count). The molecule has 0 amide bonds. The molecule has 0 fully saturated rings. The van der Waals surface area contributed by atoms with Crippen molar-refractivity contribution in [3.8, 4) is 0 Å². The van der Waals surface area contributed by atoms with E-state index in [-0.39, 0.29) is 17.4 Å². The maximum absolute atomic E-state index is 10.8. The molecule has 0 unspecified atom stereocenters. The number of fused-ring (bicyclic) bond motifs is 1. The summed E-state index contributed by atoms with van der Waals surface area (Å²) in [5.41, 5.74) is 2.26. The average Bonchev–Trinajstić information content (AvgIpc) is 2.58. The number of rotatable bonds is 3. The molecule has 4 nitrogen and oxygen atoms in total. The SMILES string of the molecule is CC(=O)OC[C@@H](Br)C1OCc2ccccc2CO1. The third-order valence-corrected chi connectivity index (χ3v) is 3.36. The molecular formula is C13H15BrO4. The second-order valence-electron chi connectivity index (χ2n) is 4.08. The van der Waals surface area contributed by atoms with Gasteiger partial charge in [0, 0.05) is 6.92 Å². The van der Waals surface area contributed by atoms with Crippen molar-refractivity contribution in [2.45, 2.75) is 31.3 Å². The Labute approximate surface area is 114 Å². The molecule has 5 heteroatoms. The van der Waals surface area contributed by atoms with Gasteiger partial charge in [-0.25, -0.2) is 0 Å². The van der Waals surface area contributed by atoms with E-state index in [0.29, 0.717) is 13.2 Å². The monoisotopic (exact) mass is 314 g/mol. The van der Waals surface area contributed by atoms with Gasteiger partial charge in [0.25, 0.3) is 0 Å². The van der Waals surface area contributed by atoms with Crippen molar-refractivity contribution < 1.29 is 19.0 Å². The topological polar surface area (TPSA) is 44.8 Å². The van der Waals surface area contributed by atoms with Crippen LogP contribution in [0.3, 0.4) is 0 Å². The Balaban J connectivity index is 1.93. The molecule has 1 atom stereocenters. The van der Waals surface area contributed by atoms with Gasteiger partial charge in [-0.15, -0.1) is 0 Å². The van der Waals surface area contributed by atoms with E-state index in [1.54, 1.807) is 0 Å². The van der Waals surface area contributed by atoms with E-state index in [4.69, 9.17) is 14.2 Å². The fourth-order valence-corrected chi connectivity index (χ4v) is 2.15. The van der Waals surface area contributed by atoms with Crippen LogP contribution in [0.4, 0.5) is 0 Å². The largest absolute Gasteiger partial charge is 0.464 e. The van der Waals surface area contributed by atoms with E-state index >= 15 is 0 Å². The lowest BCUT2D eigenvalue weighted by Gasteiger charge is -2.20. The normalized spacial score (nSPS) is 17.7. The van der Waals surface area contributed by atoms with Crippen molar-refractivity contribution >= 4 is 21.9 Å². The molecule has 1 heterocycles. The van der Waals surface area contributed by atoms with Crippen molar-refractivity contribution in [1.82, 2.24) is 0 Å². The first-order valence-corrected chi connectivity index (χ1v) is 6.66. The number of carbonyl (C=O) groups is 1. The third-order valence-electron chi connectivity index (χ3n) is 2.67. The Hall–Kier alpha value is -0.910. The highest BCUT2D eigenvalue weighted by atomic mass is 79.9. The molecule has 1 aliphatic heterocycles.